The van der Waals surface area contributed by atoms with E-state index in [-0.39, 0.29) is 5.38 Å². The highest BCUT2D eigenvalue weighted by atomic mass is 35.5. The van der Waals surface area contributed by atoms with E-state index in [2.05, 4.69) is 21.8 Å². The smallest absolute Gasteiger partial charge is 0.105 e. The van der Waals surface area contributed by atoms with Gasteiger partial charge in [0, 0.05) is 36.9 Å². The lowest BCUT2D eigenvalue weighted by Crippen LogP contribution is -2.31. The number of nitrogens with zero attached hydrogens (tertiary/aromatic N) is 2. The number of hydrogen-bond acceptors (Lipinski definition) is 2. The predicted octanol–water partition coefficient (Wildman–Crippen LogP) is 2.19. The van der Waals surface area contributed by atoms with Gasteiger partial charge in [0.2, 0.25) is 0 Å². The number of alkyl halides is 1. The molecule has 0 spiro atoms. The van der Waals surface area contributed by atoms with Gasteiger partial charge in [0.15, 0.2) is 0 Å². The van der Waals surface area contributed by atoms with Crippen LogP contribution in [0.4, 0.5) is 0 Å². The van der Waals surface area contributed by atoms with Crippen molar-refractivity contribution in [3.05, 3.63) is 18.2 Å². The van der Waals surface area contributed by atoms with Crippen LogP contribution >= 0.6 is 11.6 Å². The van der Waals surface area contributed by atoms with Crippen molar-refractivity contribution in [2.24, 2.45) is 0 Å². The number of aryl methyl sites for hydroxylation is 1. The molecule has 0 aliphatic rings. The standard InChI is InChI=1S/C11H20ClN3/c1-9(12)8-10(2)13-4-6-15-7-5-14-11(15)3/h5,7,9-10,13H,4,6,8H2,1-3H3. The Morgan fingerprint density at radius 3 is 2.80 bits per heavy atom. The molecule has 0 fully saturated rings. The Morgan fingerprint density at radius 2 is 2.27 bits per heavy atom. The molecule has 15 heavy (non-hydrogen) atoms. The molecule has 0 saturated carbocycles. The molecule has 4 heteroatoms. The van der Waals surface area contributed by atoms with E-state index in [4.69, 9.17) is 11.6 Å². The minimum Gasteiger partial charge on any atom is -0.334 e. The highest BCUT2D eigenvalue weighted by Gasteiger charge is 2.05. The first-order valence-corrected chi connectivity index (χ1v) is 5.88. The van der Waals surface area contributed by atoms with Gasteiger partial charge < -0.3 is 9.88 Å². The van der Waals surface area contributed by atoms with Crippen LogP contribution in [0.2, 0.25) is 0 Å². The van der Waals surface area contributed by atoms with Crippen LogP contribution in [0.15, 0.2) is 12.4 Å². The first-order valence-electron chi connectivity index (χ1n) is 5.44. The monoisotopic (exact) mass is 229 g/mol. The first-order chi connectivity index (χ1) is 7.09. The number of imidazole rings is 1. The van der Waals surface area contributed by atoms with Crippen molar-refractivity contribution in [1.82, 2.24) is 14.9 Å². The molecule has 0 radical (unpaired) electrons. The normalized spacial score (nSPS) is 15.2. The van der Waals surface area contributed by atoms with Gasteiger partial charge in [-0.15, -0.1) is 11.6 Å². The van der Waals surface area contributed by atoms with E-state index in [1.807, 2.05) is 26.2 Å². The average molecular weight is 230 g/mol. The second-order valence-corrected chi connectivity index (χ2v) is 4.78. The fourth-order valence-electron chi connectivity index (χ4n) is 1.64. The van der Waals surface area contributed by atoms with E-state index in [0.29, 0.717) is 6.04 Å². The Bertz CT molecular complexity index is 283. The Hall–Kier alpha value is -0.540. The second kappa shape index (κ2) is 6.13. The third-order valence-electron chi connectivity index (χ3n) is 2.45. The molecule has 86 valence electrons. The van der Waals surface area contributed by atoms with Crippen LogP contribution in [0.1, 0.15) is 26.1 Å². The zero-order valence-corrected chi connectivity index (χ0v) is 10.5. The summed E-state index contributed by atoms with van der Waals surface area (Å²) in [6, 6.07) is 0.473. The third-order valence-corrected chi connectivity index (χ3v) is 2.63. The van der Waals surface area contributed by atoms with Crippen LogP contribution in [0.3, 0.4) is 0 Å². The number of rotatable bonds is 6. The lowest BCUT2D eigenvalue weighted by molar-refractivity contribution is 0.485. The van der Waals surface area contributed by atoms with Crippen molar-refractivity contribution in [1.29, 1.82) is 0 Å². The molecular weight excluding hydrogens is 210 g/mol. The van der Waals surface area contributed by atoms with Gasteiger partial charge in [0.05, 0.1) is 0 Å². The van der Waals surface area contributed by atoms with E-state index < -0.39 is 0 Å². The molecule has 0 bridgehead atoms. The van der Waals surface area contributed by atoms with Gasteiger partial charge >= 0.3 is 0 Å². The maximum atomic E-state index is 5.92. The van der Waals surface area contributed by atoms with E-state index in [1.54, 1.807) is 0 Å². The largest absolute Gasteiger partial charge is 0.334 e. The lowest BCUT2D eigenvalue weighted by atomic mass is 10.2. The topological polar surface area (TPSA) is 29.9 Å². The minimum absolute atomic E-state index is 0.238. The molecule has 2 unspecified atom stereocenters. The maximum Gasteiger partial charge on any atom is 0.105 e. The molecule has 0 aliphatic carbocycles. The van der Waals surface area contributed by atoms with Gasteiger partial charge in [0.25, 0.3) is 0 Å². The third kappa shape index (κ3) is 4.67. The molecule has 3 nitrogen and oxygen atoms in total. The maximum absolute atomic E-state index is 5.92. The number of hydrogen-bond donors (Lipinski definition) is 1. The summed E-state index contributed by atoms with van der Waals surface area (Å²) < 4.78 is 2.14. The Kier molecular flexibility index (Phi) is 5.12. The van der Waals surface area contributed by atoms with Gasteiger partial charge in [-0.25, -0.2) is 4.98 Å². The second-order valence-electron chi connectivity index (χ2n) is 4.04. The fourth-order valence-corrected chi connectivity index (χ4v) is 1.91. The molecule has 0 aromatic carbocycles. The van der Waals surface area contributed by atoms with Crippen LogP contribution in [-0.4, -0.2) is 27.5 Å². The van der Waals surface area contributed by atoms with Gasteiger partial charge in [-0.1, -0.05) is 0 Å². The molecule has 1 aromatic rings. The number of nitrogens with one attached hydrogen (secondary N) is 1. The zero-order chi connectivity index (χ0) is 11.3. The summed E-state index contributed by atoms with van der Waals surface area (Å²) in [6.45, 7) is 8.14. The van der Waals surface area contributed by atoms with Gasteiger partial charge in [-0.3, -0.25) is 0 Å². The van der Waals surface area contributed by atoms with E-state index >= 15 is 0 Å². The van der Waals surface area contributed by atoms with Crippen molar-refractivity contribution in [2.45, 2.75) is 45.2 Å². The summed E-state index contributed by atoms with van der Waals surface area (Å²) in [4.78, 5) is 4.18. The van der Waals surface area contributed by atoms with E-state index in [1.165, 1.54) is 0 Å². The first kappa shape index (κ1) is 12.5. The van der Waals surface area contributed by atoms with Crippen molar-refractivity contribution in [2.75, 3.05) is 6.54 Å². The summed E-state index contributed by atoms with van der Waals surface area (Å²) in [7, 11) is 0. The predicted molar refractivity (Wildman–Crippen MR) is 64.4 cm³/mol. The average Bonchev–Trinajstić information content (AvgIpc) is 2.50. The summed E-state index contributed by atoms with van der Waals surface area (Å²) in [6.07, 6.45) is 4.84. The molecule has 0 amide bonds. The number of aromatic nitrogens is 2. The van der Waals surface area contributed by atoms with Crippen LogP contribution < -0.4 is 5.32 Å². The SMILES string of the molecule is Cc1nccn1CCNC(C)CC(C)Cl. The molecule has 1 heterocycles. The van der Waals surface area contributed by atoms with Crippen LogP contribution in [-0.2, 0) is 6.54 Å². The van der Waals surface area contributed by atoms with Crippen molar-refractivity contribution >= 4 is 11.6 Å². The lowest BCUT2D eigenvalue weighted by Gasteiger charge is -2.15. The molecule has 2 atom stereocenters. The van der Waals surface area contributed by atoms with Crippen LogP contribution in [0.5, 0.6) is 0 Å². The van der Waals surface area contributed by atoms with Crippen molar-refractivity contribution in [3.8, 4) is 0 Å². The molecule has 1 N–H and O–H groups in total. The summed E-state index contributed by atoms with van der Waals surface area (Å²) in [5, 5.41) is 3.68. The minimum atomic E-state index is 0.238. The summed E-state index contributed by atoms with van der Waals surface area (Å²) in [5.74, 6) is 1.06. The molecule has 1 aromatic heterocycles. The fraction of sp³-hybridized carbons (Fsp3) is 0.727. The van der Waals surface area contributed by atoms with Crippen LogP contribution in [0, 0.1) is 6.92 Å². The Morgan fingerprint density at radius 1 is 1.53 bits per heavy atom. The molecule has 1 rings (SSSR count). The summed E-state index contributed by atoms with van der Waals surface area (Å²) >= 11 is 5.92. The van der Waals surface area contributed by atoms with Crippen molar-refractivity contribution < 1.29 is 0 Å². The van der Waals surface area contributed by atoms with E-state index in [9.17, 15) is 0 Å². The molecule has 0 aliphatic heterocycles. The van der Waals surface area contributed by atoms with Crippen LogP contribution in [0.25, 0.3) is 0 Å². The van der Waals surface area contributed by atoms with Gasteiger partial charge in [-0.2, -0.15) is 0 Å². The Labute approximate surface area is 96.8 Å². The number of halogens is 1. The highest BCUT2D eigenvalue weighted by Crippen LogP contribution is 2.03. The molecular formula is C11H20ClN3. The quantitative estimate of drug-likeness (QED) is 0.758. The van der Waals surface area contributed by atoms with Crippen molar-refractivity contribution in [3.63, 3.8) is 0 Å². The highest BCUT2D eigenvalue weighted by molar-refractivity contribution is 6.20. The zero-order valence-electron chi connectivity index (χ0n) is 9.70. The summed E-state index contributed by atoms with van der Waals surface area (Å²) in [5.41, 5.74) is 0. The van der Waals surface area contributed by atoms with E-state index in [0.717, 1.165) is 25.3 Å². The Balaban J connectivity index is 2.19. The molecule has 0 saturated heterocycles. The van der Waals surface area contributed by atoms with Gasteiger partial charge in [-0.05, 0) is 27.2 Å². The van der Waals surface area contributed by atoms with Gasteiger partial charge in [0.1, 0.15) is 5.82 Å².